The normalized spacial score (nSPS) is 13.8. The number of amides is 1. The van der Waals surface area contributed by atoms with E-state index in [0.717, 1.165) is 6.42 Å². The lowest BCUT2D eigenvalue weighted by Gasteiger charge is -2.24. The van der Waals surface area contributed by atoms with Crippen LogP contribution in [0.4, 0.5) is 9.18 Å². The second kappa shape index (κ2) is 9.60. The van der Waals surface area contributed by atoms with E-state index in [9.17, 15) is 9.18 Å². The number of halogens is 2. The van der Waals surface area contributed by atoms with Crippen LogP contribution in [0.3, 0.4) is 0 Å². The SMILES string of the molecule is CCC(C)C(NC(=O)OC(C)(C)C)c1nnc(SCc2c(F)cccc2Cl)o1. The van der Waals surface area contributed by atoms with Crippen molar-refractivity contribution in [3.05, 3.63) is 40.5 Å². The number of carbonyl (C=O) groups excluding carboxylic acids is 1. The summed E-state index contributed by atoms with van der Waals surface area (Å²) in [5.74, 6) is 0.193. The number of nitrogens with one attached hydrogen (secondary N) is 1. The number of hydrogen-bond acceptors (Lipinski definition) is 6. The molecule has 154 valence electrons. The third kappa shape index (κ3) is 6.38. The van der Waals surface area contributed by atoms with Gasteiger partial charge >= 0.3 is 6.09 Å². The van der Waals surface area contributed by atoms with E-state index in [1.807, 2.05) is 13.8 Å². The van der Waals surface area contributed by atoms with E-state index in [1.54, 1.807) is 32.9 Å². The number of benzene rings is 1. The van der Waals surface area contributed by atoms with E-state index >= 15 is 0 Å². The Morgan fingerprint density at radius 2 is 2.11 bits per heavy atom. The quantitative estimate of drug-likeness (QED) is 0.563. The van der Waals surface area contributed by atoms with Crippen LogP contribution in [-0.2, 0) is 10.5 Å². The molecule has 1 aromatic heterocycles. The summed E-state index contributed by atoms with van der Waals surface area (Å²) in [6.45, 7) is 9.35. The third-order valence-electron chi connectivity index (χ3n) is 3.98. The van der Waals surface area contributed by atoms with Gasteiger partial charge in [0, 0.05) is 16.3 Å². The minimum absolute atomic E-state index is 0.0480. The lowest BCUT2D eigenvalue weighted by atomic mass is 9.99. The van der Waals surface area contributed by atoms with Crippen LogP contribution >= 0.6 is 23.4 Å². The molecule has 0 radical (unpaired) electrons. The monoisotopic (exact) mass is 429 g/mol. The summed E-state index contributed by atoms with van der Waals surface area (Å²) in [5.41, 5.74) is -0.238. The molecule has 0 aliphatic carbocycles. The molecule has 2 unspecified atom stereocenters. The third-order valence-corrected chi connectivity index (χ3v) is 5.17. The Morgan fingerprint density at radius 3 is 2.71 bits per heavy atom. The van der Waals surface area contributed by atoms with Gasteiger partial charge in [-0.05, 0) is 38.8 Å². The molecular weight excluding hydrogens is 405 g/mol. The van der Waals surface area contributed by atoms with Gasteiger partial charge in [-0.25, -0.2) is 9.18 Å². The first-order valence-corrected chi connectivity index (χ1v) is 10.4. The number of alkyl carbamates (subject to hydrolysis) is 1. The standard InChI is InChI=1S/C19H25ClFN3O3S/c1-6-11(2)15(22-17(25)27-19(3,4)5)16-23-24-18(26-16)28-10-12-13(20)8-7-9-14(12)21/h7-9,11,15H,6,10H2,1-5H3,(H,22,25). The summed E-state index contributed by atoms with van der Waals surface area (Å²) < 4.78 is 24.9. The molecule has 0 spiro atoms. The largest absolute Gasteiger partial charge is 0.444 e. The fourth-order valence-corrected chi connectivity index (χ4v) is 3.44. The predicted octanol–water partition coefficient (Wildman–Crippen LogP) is 5.77. The zero-order valence-corrected chi connectivity index (χ0v) is 18.2. The zero-order valence-electron chi connectivity index (χ0n) is 16.6. The number of thioether (sulfide) groups is 1. The number of aromatic nitrogens is 2. The molecule has 0 aliphatic rings. The molecule has 0 aliphatic heterocycles. The van der Waals surface area contributed by atoms with Crippen molar-refractivity contribution in [2.75, 3.05) is 0 Å². The molecule has 28 heavy (non-hydrogen) atoms. The highest BCUT2D eigenvalue weighted by Crippen LogP contribution is 2.30. The van der Waals surface area contributed by atoms with Crippen molar-refractivity contribution in [1.82, 2.24) is 15.5 Å². The molecule has 2 atom stereocenters. The number of rotatable bonds is 7. The van der Waals surface area contributed by atoms with Gasteiger partial charge in [-0.15, -0.1) is 10.2 Å². The van der Waals surface area contributed by atoms with Gasteiger partial charge in [0.15, 0.2) is 0 Å². The Balaban J connectivity index is 2.10. The molecule has 1 aromatic carbocycles. The van der Waals surface area contributed by atoms with E-state index in [1.165, 1.54) is 17.8 Å². The Bertz CT molecular complexity index is 790. The average molecular weight is 430 g/mol. The Morgan fingerprint density at radius 1 is 1.39 bits per heavy atom. The second-order valence-electron chi connectivity index (χ2n) is 7.40. The van der Waals surface area contributed by atoms with Gasteiger partial charge in [0.25, 0.3) is 5.22 Å². The fourth-order valence-electron chi connectivity index (χ4n) is 2.33. The van der Waals surface area contributed by atoms with Crippen LogP contribution in [0.25, 0.3) is 0 Å². The molecule has 9 heteroatoms. The zero-order chi connectivity index (χ0) is 20.9. The van der Waals surface area contributed by atoms with Gasteiger partial charge in [0.1, 0.15) is 17.5 Å². The minimum atomic E-state index is -0.612. The Hall–Kier alpha value is -1.80. The highest BCUT2D eigenvalue weighted by atomic mass is 35.5. The van der Waals surface area contributed by atoms with Gasteiger partial charge in [-0.1, -0.05) is 49.7 Å². The van der Waals surface area contributed by atoms with Gasteiger partial charge in [-0.2, -0.15) is 0 Å². The summed E-state index contributed by atoms with van der Waals surface area (Å²) in [4.78, 5) is 12.2. The molecule has 0 saturated carbocycles. The van der Waals surface area contributed by atoms with Crippen molar-refractivity contribution < 1.29 is 18.3 Å². The van der Waals surface area contributed by atoms with Gasteiger partial charge < -0.3 is 14.5 Å². The molecular formula is C19H25ClFN3O3S. The molecule has 0 saturated heterocycles. The van der Waals surface area contributed by atoms with Crippen LogP contribution < -0.4 is 5.32 Å². The van der Waals surface area contributed by atoms with Crippen LogP contribution in [0, 0.1) is 11.7 Å². The van der Waals surface area contributed by atoms with E-state index < -0.39 is 17.7 Å². The number of nitrogens with zero attached hydrogens (tertiary/aromatic N) is 2. The van der Waals surface area contributed by atoms with Crippen LogP contribution in [0.5, 0.6) is 0 Å². The molecule has 2 rings (SSSR count). The second-order valence-corrected chi connectivity index (χ2v) is 8.74. The first kappa shape index (κ1) is 22.5. The van der Waals surface area contributed by atoms with Crippen LogP contribution in [0.15, 0.2) is 27.8 Å². The van der Waals surface area contributed by atoms with Crippen LogP contribution in [0.2, 0.25) is 5.02 Å². The molecule has 0 bridgehead atoms. The molecule has 1 amide bonds. The van der Waals surface area contributed by atoms with Crippen molar-refractivity contribution in [1.29, 1.82) is 0 Å². The number of carbonyl (C=O) groups is 1. The summed E-state index contributed by atoms with van der Waals surface area (Å²) >= 11 is 7.22. The van der Waals surface area contributed by atoms with Gasteiger partial charge in [0.2, 0.25) is 5.89 Å². The molecule has 1 heterocycles. The topological polar surface area (TPSA) is 77.2 Å². The average Bonchev–Trinajstić information content (AvgIpc) is 3.05. The van der Waals surface area contributed by atoms with Crippen LogP contribution in [0.1, 0.15) is 58.5 Å². The van der Waals surface area contributed by atoms with Crippen molar-refractivity contribution >= 4 is 29.5 Å². The first-order valence-electron chi connectivity index (χ1n) is 8.99. The molecule has 0 fully saturated rings. The number of hydrogen-bond donors (Lipinski definition) is 1. The summed E-state index contributed by atoms with van der Waals surface area (Å²) in [7, 11) is 0. The van der Waals surface area contributed by atoms with Crippen molar-refractivity contribution in [2.45, 2.75) is 63.7 Å². The Labute approximate surface area is 173 Å². The molecule has 2 aromatic rings. The Kier molecular flexibility index (Phi) is 7.71. The first-order chi connectivity index (χ1) is 13.1. The van der Waals surface area contributed by atoms with Crippen molar-refractivity contribution in [3.8, 4) is 0 Å². The lowest BCUT2D eigenvalue weighted by molar-refractivity contribution is 0.0473. The van der Waals surface area contributed by atoms with E-state index in [0.29, 0.717) is 10.6 Å². The number of ether oxygens (including phenoxy) is 1. The predicted molar refractivity (Wildman–Crippen MR) is 107 cm³/mol. The molecule has 6 nitrogen and oxygen atoms in total. The van der Waals surface area contributed by atoms with Crippen LogP contribution in [-0.4, -0.2) is 21.9 Å². The summed E-state index contributed by atoms with van der Waals surface area (Å²) in [6, 6.07) is 4.04. The van der Waals surface area contributed by atoms with Crippen molar-refractivity contribution in [2.24, 2.45) is 5.92 Å². The maximum absolute atomic E-state index is 13.9. The van der Waals surface area contributed by atoms with Gasteiger partial charge in [0.05, 0.1) is 0 Å². The fraction of sp³-hybridized carbons (Fsp3) is 0.526. The maximum atomic E-state index is 13.9. The minimum Gasteiger partial charge on any atom is -0.444 e. The van der Waals surface area contributed by atoms with E-state index in [2.05, 4.69) is 15.5 Å². The summed E-state index contributed by atoms with van der Waals surface area (Å²) in [6.07, 6.45) is 0.235. The highest BCUT2D eigenvalue weighted by molar-refractivity contribution is 7.98. The summed E-state index contributed by atoms with van der Waals surface area (Å²) in [5, 5.41) is 11.5. The highest BCUT2D eigenvalue weighted by Gasteiger charge is 2.28. The van der Waals surface area contributed by atoms with Gasteiger partial charge in [-0.3, -0.25) is 0 Å². The van der Waals surface area contributed by atoms with Crippen molar-refractivity contribution in [3.63, 3.8) is 0 Å². The smallest absolute Gasteiger partial charge is 0.408 e. The lowest BCUT2D eigenvalue weighted by Crippen LogP contribution is -2.37. The maximum Gasteiger partial charge on any atom is 0.408 e. The molecule has 1 N–H and O–H groups in total. The van der Waals surface area contributed by atoms with E-state index in [-0.39, 0.29) is 28.6 Å². The van der Waals surface area contributed by atoms with E-state index in [4.69, 9.17) is 20.8 Å².